The quantitative estimate of drug-likeness (QED) is 0.604. The van der Waals surface area contributed by atoms with Gasteiger partial charge in [-0.05, 0) is 25.1 Å². The standard InChI is InChI=1S/C9H8O2S2/c1-6(12)13-8-4-2-3-7(5-8)9(10)11/h2-5H,1H3,(H,10,11). The molecule has 0 radical (unpaired) electrons. The third kappa shape index (κ3) is 3.16. The van der Waals surface area contributed by atoms with Gasteiger partial charge < -0.3 is 5.11 Å². The molecule has 0 saturated carbocycles. The topological polar surface area (TPSA) is 37.3 Å². The molecule has 0 aliphatic carbocycles. The van der Waals surface area contributed by atoms with Crippen LogP contribution in [-0.2, 0) is 0 Å². The number of carbonyl (C=O) groups is 1. The van der Waals surface area contributed by atoms with Crippen molar-refractivity contribution in [3.63, 3.8) is 0 Å². The van der Waals surface area contributed by atoms with Gasteiger partial charge in [0.2, 0.25) is 0 Å². The van der Waals surface area contributed by atoms with Gasteiger partial charge in [-0.1, -0.05) is 30.0 Å². The lowest BCUT2D eigenvalue weighted by molar-refractivity contribution is 0.0696. The molecule has 4 heteroatoms. The number of hydrogen-bond acceptors (Lipinski definition) is 3. The minimum Gasteiger partial charge on any atom is -0.478 e. The summed E-state index contributed by atoms with van der Waals surface area (Å²) in [6.07, 6.45) is 0. The Morgan fingerprint density at radius 1 is 1.54 bits per heavy atom. The smallest absolute Gasteiger partial charge is 0.335 e. The molecule has 0 atom stereocenters. The zero-order chi connectivity index (χ0) is 9.84. The molecule has 13 heavy (non-hydrogen) atoms. The van der Waals surface area contributed by atoms with Crippen LogP contribution in [0.1, 0.15) is 17.3 Å². The minimum atomic E-state index is -0.913. The molecular formula is C9H8O2S2. The van der Waals surface area contributed by atoms with Crippen LogP contribution in [0.15, 0.2) is 29.2 Å². The fraction of sp³-hybridized carbons (Fsp3) is 0.111. The number of benzene rings is 1. The van der Waals surface area contributed by atoms with E-state index in [4.69, 9.17) is 17.3 Å². The van der Waals surface area contributed by atoms with Crippen LogP contribution in [0.5, 0.6) is 0 Å². The van der Waals surface area contributed by atoms with Crippen LogP contribution in [0, 0.1) is 0 Å². The van der Waals surface area contributed by atoms with Crippen LogP contribution in [0.4, 0.5) is 0 Å². The highest BCUT2D eigenvalue weighted by atomic mass is 32.2. The number of carboxylic acid groups (broad SMARTS) is 1. The number of thioether (sulfide) groups is 1. The molecule has 0 fully saturated rings. The maximum Gasteiger partial charge on any atom is 0.335 e. The Morgan fingerprint density at radius 2 is 2.23 bits per heavy atom. The highest BCUT2D eigenvalue weighted by molar-refractivity contribution is 8.23. The molecule has 0 spiro atoms. The van der Waals surface area contributed by atoms with Gasteiger partial charge in [0.25, 0.3) is 0 Å². The van der Waals surface area contributed by atoms with E-state index in [2.05, 4.69) is 0 Å². The third-order valence-electron chi connectivity index (χ3n) is 1.34. The van der Waals surface area contributed by atoms with E-state index in [0.717, 1.165) is 9.09 Å². The Hall–Kier alpha value is -0.870. The molecule has 1 rings (SSSR count). The summed E-state index contributed by atoms with van der Waals surface area (Å²) in [6, 6.07) is 6.73. The van der Waals surface area contributed by atoms with Crippen molar-refractivity contribution in [2.75, 3.05) is 0 Å². The summed E-state index contributed by atoms with van der Waals surface area (Å²) in [5.74, 6) is -0.913. The van der Waals surface area contributed by atoms with Crippen molar-refractivity contribution < 1.29 is 9.90 Å². The summed E-state index contributed by atoms with van der Waals surface area (Å²) in [4.78, 5) is 11.5. The van der Waals surface area contributed by atoms with Gasteiger partial charge in [-0.25, -0.2) is 4.79 Å². The molecule has 68 valence electrons. The molecule has 1 aromatic carbocycles. The molecule has 0 bridgehead atoms. The molecule has 0 amide bonds. The van der Waals surface area contributed by atoms with Gasteiger partial charge in [-0.15, -0.1) is 0 Å². The summed E-state index contributed by atoms with van der Waals surface area (Å²) < 4.78 is 0.780. The van der Waals surface area contributed by atoms with E-state index in [9.17, 15) is 4.79 Å². The fourth-order valence-corrected chi connectivity index (χ4v) is 1.81. The number of rotatable bonds is 2. The molecule has 0 saturated heterocycles. The first-order valence-electron chi connectivity index (χ1n) is 3.61. The van der Waals surface area contributed by atoms with E-state index in [1.807, 2.05) is 13.0 Å². The minimum absolute atomic E-state index is 0.293. The molecular weight excluding hydrogens is 204 g/mol. The number of hydrogen-bond donors (Lipinski definition) is 1. The molecule has 2 nitrogen and oxygen atoms in total. The largest absolute Gasteiger partial charge is 0.478 e. The summed E-state index contributed by atoms with van der Waals surface area (Å²) in [6.45, 7) is 1.81. The normalized spacial score (nSPS) is 9.62. The molecule has 1 aromatic rings. The van der Waals surface area contributed by atoms with E-state index in [0.29, 0.717) is 5.56 Å². The summed E-state index contributed by atoms with van der Waals surface area (Å²) in [5, 5.41) is 8.70. The Kier molecular flexibility index (Phi) is 3.45. The molecule has 1 N–H and O–H groups in total. The first-order valence-corrected chi connectivity index (χ1v) is 4.84. The predicted octanol–water partition coefficient (Wildman–Crippen LogP) is 2.82. The highest BCUT2D eigenvalue weighted by Crippen LogP contribution is 2.20. The predicted molar refractivity (Wildman–Crippen MR) is 57.5 cm³/mol. The average Bonchev–Trinajstić information content (AvgIpc) is 2.03. The monoisotopic (exact) mass is 212 g/mol. The van der Waals surface area contributed by atoms with Crippen LogP contribution in [-0.4, -0.2) is 15.3 Å². The van der Waals surface area contributed by atoms with E-state index < -0.39 is 5.97 Å². The van der Waals surface area contributed by atoms with E-state index in [1.54, 1.807) is 18.2 Å². The lowest BCUT2D eigenvalue weighted by Gasteiger charge is -1.99. The average molecular weight is 212 g/mol. The lowest BCUT2D eigenvalue weighted by atomic mass is 10.2. The number of carboxylic acids is 1. The first-order chi connectivity index (χ1) is 6.09. The molecule has 0 aliphatic rings. The van der Waals surface area contributed by atoms with Crippen LogP contribution < -0.4 is 0 Å². The maximum atomic E-state index is 10.6. The highest BCUT2D eigenvalue weighted by Gasteiger charge is 2.03. The van der Waals surface area contributed by atoms with Crippen molar-refractivity contribution in [3.8, 4) is 0 Å². The Balaban J connectivity index is 2.91. The SMILES string of the molecule is CC(=S)Sc1cccc(C(=O)O)c1. The van der Waals surface area contributed by atoms with Gasteiger partial charge in [-0.2, -0.15) is 0 Å². The molecule has 0 aromatic heterocycles. The van der Waals surface area contributed by atoms with Crippen molar-refractivity contribution in [2.45, 2.75) is 11.8 Å². The number of aromatic carboxylic acids is 1. The van der Waals surface area contributed by atoms with Crippen LogP contribution >= 0.6 is 24.0 Å². The lowest BCUT2D eigenvalue weighted by Crippen LogP contribution is -1.95. The van der Waals surface area contributed by atoms with Gasteiger partial charge in [0.05, 0.1) is 5.56 Å². The third-order valence-corrected chi connectivity index (χ3v) is 2.37. The Labute approximate surface area is 86.0 Å². The fourth-order valence-electron chi connectivity index (χ4n) is 0.859. The molecule has 0 heterocycles. The molecule has 0 unspecified atom stereocenters. The van der Waals surface area contributed by atoms with E-state index in [1.165, 1.54) is 11.8 Å². The van der Waals surface area contributed by atoms with Crippen LogP contribution in [0.2, 0.25) is 0 Å². The van der Waals surface area contributed by atoms with E-state index in [-0.39, 0.29) is 0 Å². The van der Waals surface area contributed by atoms with Gasteiger partial charge in [0.15, 0.2) is 0 Å². The van der Waals surface area contributed by atoms with Crippen LogP contribution in [0.25, 0.3) is 0 Å². The van der Waals surface area contributed by atoms with Crippen molar-refractivity contribution in [1.82, 2.24) is 0 Å². The van der Waals surface area contributed by atoms with Crippen molar-refractivity contribution in [2.24, 2.45) is 0 Å². The van der Waals surface area contributed by atoms with Crippen molar-refractivity contribution in [3.05, 3.63) is 29.8 Å². The Bertz CT molecular complexity index is 347. The second kappa shape index (κ2) is 4.39. The van der Waals surface area contributed by atoms with Crippen molar-refractivity contribution in [1.29, 1.82) is 0 Å². The summed E-state index contributed by atoms with van der Waals surface area (Å²) in [5.41, 5.74) is 0.293. The van der Waals surface area contributed by atoms with Gasteiger partial charge in [-0.3, -0.25) is 0 Å². The zero-order valence-electron chi connectivity index (χ0n) is 6.98. The molecule has 0 aliphatic heterocycles. The zero-order valence-corrected chi connectivity index (χ0v) is 8.61. The van der Waals surface area contributed by atoms with Gasteiger partial charge >= 0.3 is 5.97 Å². The van der Waals surface area contributed by atoms with Crippen molar-refractivity contribution >= 4 is 34.1 Å². The number of thiocarbonyl (C=S) groups is 1. The summed E-state index contributed by atoms with van der Waals surface area (Å²) in [7, 11) is 0. The first kappa shape index (κ1) is 10.2. The second-order valence-corrected chi connectivity index (χ2v) is 4.59. The van der Waals surface area contributed by atoms with Gasteiger partial charge in [0, 0.05) is 9.09 Å². The van der Waals surface area contributed by atoms with E-state index >= 15 is 0 Å². The summed E-state index contributed by atoms with van der Waals surface area (Å²) >= 11 is 6.30. The van der Waals surface area contributed by atoms with Gasteiger partial charge in [0.1, 0.15) is 0 Å². The maximum absolute atomic E-state index is 10.6. The second-order valence-electron chi connectivity index (χ2n) is 2.43. The Morgan fingerprint density at radius 3 is 2.77 bits per heavy atom. The van der Waals surface area contributed by atoms with Crippen LogP contribution in [0.3, 0.4) is 0 Å².